The third-order valence-corrected chi connectivity index (χ3v) is 4.56. The zero-order chi connectivity index (χ0) is 17.6. The Morgan fingerprint density at radius 2 is 2.16 bits per heavy atom. The zero-order valence-electron chi connectivity index (χ0n) is 14.9. The van der Waals surface area contributed by atoms with Gasteiger partial charge in [-0.15, -0.1) is 0 Å². The summed E-state index contributed by atoms with van der Waals surface area (Å²) in [4.78, 5) is 18.7. The largest absolute Gasteiger partial charge is 0.371 e. The molecule has 2 heterocycles. The van der Waals surface area contributed by atoms with Crippen LogP contribution >= 0.6 is 0 Å². The van der Waals surface area contributed by atoms with Gasteiger partial charge in [-0.3, -0.25) is 4.79 Å². The van der Waals surface area contributed by atoms with E-state index in [-0.39, 0.29) is 11.8 Å². The SMILES string of the molecule is CC(C)c1noc(CCC(=O)NCC2CCN(c3ccccc3)C2)n1. The van der Waals surface area contributed by atoms with E-state index in [2.05, 4.69) is 44.6 Å². The summed E-state index contributed by atoms with van der Waals surface area (Å²) in [6.07, 6.45) is 1.98. The van der Waals surface area contributed by atoms with Gasteiger partial charge in [-0.1, -0.05) is 37.2 Å². The number of hydrogen-bond donors (Lipinski definition) is 1. The number of aryl methyl sites for hydroxylation is 1. The molecule has 0 aliphatic carbocycles. The van der Waals surface area contributed by atoms with Crippen LogP contribution in [0.5, 0.6) is 0 Å². The van der Waals surface area contributed by atoms with E-state index < -0.39 is 0 Å². The van der Waals surface area contributed by atoms with Crippen LogP contribution in [0.4, 0.5) is 5.69 Å². The van der Waals surface area contributed by atoms with E-state index in [4.69, 9.17) is 4.52 Å². The Hall–Kier alpha value is -2.37. The van der Waals surface area contributed by atoms with Crippen LogP contribution in [-0.4, -0.2) is 35.7 Å². The summed E-state index contributed by atoms with van der Waals surface area (Å²) in [6.45, 7) is 6.79. The minimum atomic E-state index is 0.0439. The highest BCUT2D eigenvalue weighted by molar-refractivity contribution is 5.76. The Morgan fingerprint density at radius 1 is 1.36 bits per heavy atom. The van der Waals surface area contributed by atoms with E-state index in [1.54, 1.807) is 0 Å². The van der Waals surface area contributed by atoms with E-state index in [9.17, 15) is 4.79 Å². The molecule has 1 atom stereocenters. The molecule has 25 heavy (non-hydrogen) atoms. The smallest absolute Gasteiger partial charge is 0.227 e. The maximum atomic E-state index is 12.1. The van der Waals surface area contributed by atoms with Gasteiger partial charge in [0.05, 0.1) is 0 Å². The van der Waals surface area contributed by atoms with Crippen LogP contribution in [0.25, 0.3) is 0 Å². The molecule has 0 radical (unpaired) electrons. The lowest BCUT2D eigenvalue weighted by atomic mass is 10.1. The number of rotatable bonds is 7. The maximum Gasteiger partial charge on any atom is 0.227 e. The normalized spacial score (nSPS) is 17.2. The van der Waals surface area contributed by atoms with Crippen molar-refractivity contribution in [3.63, 3.8) is 0 Å². The summed E-state index contributed by atoms with van der Waals surface area (Å²) < 4.78 is 5.17. The van der Waals surface area contributed by atoms with Gasteiger partial charge in [0.1, 0.15) is 0 Å². The standard InChI is InChI=1S/C19H26N4O2/c1-14(2)19-21-18(25-22-19)9-8-17(24)20-12-15-10-11-23(13-15)16-6-4-3-5-7-16/h3-7,14-15H,8-13H2,1-2H3,(H,20,24). The highest BCUT2D eigenvalue weighted by Crippen LogP contribution is 2.22. The Balaban J connectivity index is 1.38. The van der Waals surface area contributed by atoms with Crippen LogP contribution in [0.15, 0.2) is 34.9 Å². The molecular weight excluding hydrogens is 316 g/mol. The lowest BCUT2D eigenvalue weighted by Gasteiger charge is -2.18. The van der Waals surface area contributed by atoms with Crippen LogP contribution in [0.3, 0.4) is 0 Å². The van der Waals surface area contributed by atoms with E-state index in [0.29, 0.717) is 30.5 Å². The van der Waals surface area contributed by atoms with E-state index in [0.717, 1.165) is 26.1 Å². The highest BCUT2D eigenvalue weighted by Gasteiger charge is 2.23. The van der Waals surface area contributed by atoms with E-state index in [1.165, 1.54) is 5.69 Å². The number of anilines is 1. The van der Waals surface area contributed by atoms with Crippen molar-refractivity contribution in [3.05, 3.63) is 42.0 Å². The molecule has 1 saturated heterocycles. The maximum absolute atomic E-state index is 12.1. The molecule has 1 aliphatic rings. The number of nitrogens with zero attached hydrogens (tertiary/aromatic N) is 3. The first-order valence-corrected chi connectivity index (χ1v) is 9.01. The highest BCUT2D eigenvalue weighted by atomic mass is 16.5. The first kappa shape index (κ1) is 17.5. The van der Waals surface area contributed by atoms with Gasteiger partial charge in [0.25, 0.3) is 0 Å². The van der Waals surface area contributed by atoms with Crippen molar-refractivity contribution in [1.82, 2.24) is 15.5 Å². The van der Waals surface area contributed by atoms with Gasteiger partial charge in [-0.2, -0.15) is 4.98 Å². The molecule has 6 heteroatoms. The molecule has 1 fully saturated rings. The molecule has 1 N–H and O–H groups in total. The number of carbonyl (C=O) groups is 1. The lowest BCUT2D eigenvalue weighted by molar-refractivity contribution is -0.121. The van der Waals surface area contributed by atoms with Crippen LogP contribution < -0.4 is 10.2 Å². The number of aromatic nitrogens is 2. The van der Waals surface area contributed by atoms with Gasteiger partial charge in [-0.05, 0) is 24.5 Å². The molecule has 2 aromatic rings. The van der Waals surface area contributed by atoms with Gasteiger partial charge in [0.2, 0.25) is 11.8 Å². The van der Waals surface area contributed by atoms with Gasteiger partial charge >= 0.3 is 0 Å². The minimum absolute atomic E-state index is 0.0439. The molecule has 0 bridgehead atoms. The number of hydrogen-bond acceptors (Lipinski definition) is 5. The van der Waals surface area contributed by atoms with Gasteiger partial charge < -0.3 is 14.7 Å². The topological polar surface area (TPSA) is 71.3 Å². The molecule has 1 aromatic heterocycles. The van der Waals surface area contributed by atoms with E-state index >= 15 is 0 Å². The average Bonchev–Trinajstić information content (AvgIpc) is 3.28. The summed E-state index contributed by atoms with van der Waals surface area (Å²) >= 11 is 0. The summed E-state index contributed by atoms with van der Waals surface area (Å²) in [6, 6.07) is 10.4. The predicted molar refractivity (Wildman–Crippen MR) is 96.5 cm³/mol. The van der Waals surface area contributed by atoms with Crippen molar-refractivity contribution in [2.24, 2.45) is 5.92 Å². The fourth-order valence-corrected chi connectivity index (χ4v) is 3.04. The third kappa shape index (κ3) is 4.81. The summed E-state index contributed by atoms with van der Waals surface area (Å²) in [5.74, 6) is 2.01. The van der Waals surface area contributed by atoms with Crippen molar-refractivity contribution < 1.29 is 9.32 Å². The quantitative estimate of drug-likeness (QED) is 0.838. The second-order valence-corrected chi connectivity index (χ2v) is 6.94. The Kier molecular flexibility index (Phi) is 5.68. The number of amides is 1. The van der Waals surface area contributed by atoms with Gasteiger partial charge in [-0.25, -0.2) is 0 Å². The number of nitrogens with one attached hydrogen (secondary N) is 1. The van der Waals surface area contributed by atoms with Crippen LogP contribution in [0.2, 0.25) is 0 Å². The summed E-state index contributed by atoms with van der Waals surface area (Å²) in [7, 11) is 0. The van der Waals surface area contributed by atoms with Crippen molar-refractivity contribution in [1.29, 1.82) is 0 Å². The number of para-hydroxylation sites is 1. The second kappa shape index (κ2) is 8.14. The predicted octanol–water partition coefficient (Wildman–Crippen LogP) is 2.77. The lowest BCUT2D eigenvalue weighted by Crippen LogP contribution is -2.31. The average molecular weight is 342 g/mol. The van der Waals surface area contributed by atoms with Gasteiger partial charge in [0.15, 0.2) is 5.82 Å². The van der Waals surface area contributed by atoms with Crippen molar-refractivity contribution >= 4 is 11.6 Å². The molecule has 0 saturated carbocycles. The summed E-state index contributed by atoms with van der Waals surface area (Å²) in [5.41, 5.74) is 1.26. The Morgan fingerprint density at radius 3 is 2.88 bits per heavy atom. The molecule has 134 valence electrons. The van der Waals surface area contributed by atoms with Crippen molar-refractivity contribution in [3.8, 4) is 0 Å². The first-order chi connectivity index (χ1) is 12.1. The van der Waals surface area contributed by atoms with Crippen LogP contribution in [-0.2, 0) is 11.2 Å². The fraction of sp³-hybridized carbons (Fsp3) is 0.526. The fourth-order valence-electron chi connectivity index (χ4n) is 3.04. The molecule has 3 rings (SSSR count). The van der Waals surface area contributed by atoms with Crippen molar-refractivity contribution in [2.45, 2.75) is 39.0 Å². The molecular formula is C19H26N4O2. The van der Waals surface area contributed by atoms with Crippen molar-refractivity contribution in [2.75, 3.05) is 24.5 Å². The molecule has 0 spiro atoms. The zero-order valence-corrected chi connectivity index (χ0v) is 14.9. The third-order valence-electron chi connectivity index (χ3n) is 4.56. The van der Waals surface area contributed by atoms with E-state index in [1.807, 2.05) is 19.9 Å². The number of benzene rings is 1. The molecule has 1 aliphatic heterocycles. The molecule has 1 amide bonds. The number of carbonyl (C=O) groups excluding carboxylic acids is 1. The minimum Gasteiger partial charge on any atom is -0.371 e. The van der Waals surface area contributed by atoms with Crippen LogP contribution in [0, 0.1) is 5.92 Å². The Bertz CT molecular complexity index is 684. The molecule has 6 nitrogen and oxygen atoms in total. The first-order valence-electron chi connectivity index (χ1n) is 9.01. The monoisotopic (exact) mass is 342 g/mol. The summed E-state index contributed by atoms with van der Waals surface area (Å²) in [5, 5.41) is 6.96. The van der Waals surface area contributed by atoms with Crippen LogP contribution in [0.1, 0.15) is 44.3 Å². The second-order valence-electron chi connectivity index (χ2n) is 6.94. The molecule has 1 aromatic carbocycles. The molecule has 1 unspecified atom stereocenters. The van der Waals surface area contributed by atoms with Gasteiger partial charge in [0, 0.05) is 44.1 Å². The Labute approximate surface area is 148 Å².